The van der Waals surface area contributed by atoms with Crippen molar-refractivity contribution in [3.05, 3.63) is 129 Å². The number of aldehydes is 1. The Balaban J connectivity index is 0.890. The predicted molar refractivity (Wildman–Crippen MR) is 220 cm³/mol. The largest absolute Gasteiger partial charge is 0.478 e. The van der Waals surface area contributed by atoms with Gasteiger partial charge in [-0.15, -0.1) is 0 Å². The van der Waals surface area contributed by atoms with Crippen LogP contribution in [0, 0.1) is 75.4 Å². The van der Waals surface area contributed by atoms with Crippen LogP contribution < -0.4 is 9.80 Å². The standard InChI is InChI=1S/C52H42N2O7/c55-23-24-1-11-33-35(13-24)45(58)53(43(33)56)31-7-3-28(4-8-31)52(29-5-9-32(10-6-29)54-44(57)34-12-2-27(47(60)61)16-36(34)46(54)59)30-21-50-19-25-14-37-39-38-15-26-18-49(39,17-25)48(50)51(20-26,22-30)41(38)42(52)40(37)50/h1-13,16,23,25-26,30,37-42,48H,14-15,17-22H2,(H,60,61). The molecule has 13 bridgehead atoms. The third-order valence-corrected chi connectivity index (χ3v) is 20.0. The first-order valence-electron chi connectivity index (χ1n) is 22.5. The van der Waals surface area contributed by atoms with E-state index in [1.807, 2.05) is 24.3 Å². The summed E-state index contributed by atoms with van der Waals surface area (Å²) in [7, 11) is 0. The van der Waals surface area contributed by atoms with Crippen LogP contribution in [0.5, 0.6) is 0 Å². The molecule has 15 aliphatic rings. The van der Waals surface area contributed by atoms with Crippen LogP contribution in [0.1, 0.15) is 125 Å². The van der Waals surface area contributed by atoms with Crippen molar-refractivity contribution in [3.63, 3.8) is 0 Å². The molecule has 1 N–H and O–H groups in total. The second-order valence-electron chi connectivity index (χ2n) is 21.5. The van der Waals surface area contributed by atoms with Crippen molar-refractivity contribution < 1.29 is 33.9 Å². The van der Waals surface area contributed by atoms with E-state index in [0.717, 1.165) is 35.5 Å². The molecule has 9 heteroatoms. The maximum Gasteiger partial charge on any atom is 0.335 e. The van der Waals surface area contributed by atoms with Crippen molar-refractivity contribution in [2.75, 3.05) is 9.80 Å². The summed E-state index contributed by atoms with van der Waals surface area (Å²) in [6, 6.07) is 25.3. The molecule has 4 amide bonds. The number of benzene rings is 4. The fourth-order valence-corrected chi connectivity index (χ4v) is 20.1. The average Bonchev–Trinajstić information content (AvgIpc) is 3.65. The highest BCUT2D eigenvalue weighted by molar-refractivity contribution is 6.35. The molecule has 2 heterocycles. The van der Waals surface area contributed by atoms with Gasteiger partial charge in [0, 0.05) is 11.0 Å². The number of amides is 4. The molecule has 13 saturated carbocycles. The van der Waals surface area contributed by atoms with Gasteiger partial charge in [0.1, 0.15) is 6.29 Å². The summed E-state index contributed by atoms with van der Waals surface area (Å²) in [5.74, 6) is 4.17. The molecule has 9 unspecified atom stereocenters. The van der Waals surface area contributed by atoms with Crippen LogP contribution in [-0.4, -0.2) is 41.0 Å². The number of hydrogen-bond donors (Lipinski definition) is 1. The summed E-state index contributed by atoms with van der Waals surface area (Å²) in [5.41, 5.74) is 5.63. The summed E-state index contributed by atoms with van der Waals surface area (Å²) >= 11 is 0. The predicted octanol–water partition coefficient (Wildman–Crippen LogP) is 8.45. The Morgan fingerprint density at radius 2 is 1.03 bits per heavy atom. The Bertz CT molecular complexity index is 2820. The Labute approximate surface area is 351 Å². The van der Waals surface area contributed by atoms with Crippen LogP contribution in [0.4, 0.5) is 11.4 Å². The lowest BCUT2D eigenvalue weighted by atomic mass is 9.08. The van der Waals surface area contributed by atoms with Crippen molar-refractivity contribution in [2.24, 2.45) is 75.4 Å². The quantitative estimate of drug-likeness (QED) is 0.153. The maximum atomic E-state index is 13.8. The molecule has 0 saturated heterocycles. The summed E-state index contributed by atoms with van der Waals surface area (Å²) in [6.07, 6.45) is 11.7. The number of nitrogens with zero attached hydrogens (tertiary/aromatic N) is 2. The summed E-state index contributed by atoms with van der Waals surface area (Å²) in [5, 5.41) is 9.62. The highest BCUT2D eigenvalue weighted by Gasteiger charge is 2.92. The molecule has 13 fully saturated rings. The number of carbonyl (C=O) groups is 6. The van der Waals surface area contributed by atoms with Crippen molar-refractivity contribution in [1.29, 1.82) is 0 Å². The lowest BCUT2D eigenvalue weighted by Gasteiger charge is -2.95. The Morgan fingerprint density at radius 3 is 1.54 bits per heavy atom. The molecule has 3 spiro atoms. The van der Waals surface area contributed by atoms with Gasteiger partial charge in [0.25, 0.3) is 23.6 Å². The van der Waals surface area contributed by atoms with E-state index in [2.05, 4.69) is 24.3 Å². The topological polar surface area (TPSA) is 129 Å². The van der Waals surface area contributed by atoms with Crippen LogP contribution in [0.25, 0.3) is 0 Å². The monoisotopic (exact) mass is 806 g/mol. The number of carbonyl (C=O) groups excluding carboxylic acids is 5. The smallest absolute Gasteiger partial charge is 0.335 e. The molecule has 0 aromatic heterocycles. The SMILES string of the molecule is O=Cc1ccc2c(c1)C(=O)N(c1ccc(C3(c4ccc(N5C(=O)c6ccc(C(=O)O)cc6C5=O)cc4)C4CC56CC7CC8C9C%10CC%11CC9(C7)C5C(C%11)(C4)C%10C3C86)cc1)C2=O. The molecule has 9 atom stereocenters. The van der Waals surface area contributed by atoms with E-state index < -0.39 is 23.7 Å². The fourth-order valence-electron chi connectivity index (χ4n) is 20.1. The van der Waals surface area contributed by atoms with E-state index in [0.29, 0.717) is 68.7 Å². The Hall–Kier alpha value is -5.70. The molecule has 13 aliphatic carbocycles. The summed E-state index contributed by atoms with van der Waals surface area (Å²) in [6.45, 7) is 0. The maximum absolute atomic E-state index is 13.8. The molecule has 9 nitrogen and oxygen atoms in total. The zero-order valence-corrected chi connectivity index (χ0v) is 33.4. The third kappa shape index (κ3) is 3.42. The molecule has 302 valence electrons. The van der Waals surface area contributed by atoms with Gasteiger partial charge in [0.05, 0.1) is 39.2 Å². The lowest BCUT2D eigenvalue weighted by Crippen LogP contribution is -2.91. The molecule has 61 heavy (non-hydrogen) atoms. The number of hydrogen-bond acceptors (Lipinski definition) is 6. The van der Waals surface area contributed by atoms with Crippen molar-refractivity contribution >= 4 is 47.3 Å². The first-order chi connectivity index (χ1) is 29.5. The van der Waals surface area contributed by atoms with E-state index in [4.69, 9.17) is 0 Å². The van der Waals surface area contributed by atoms with E-state index in [-0.39, 0.29) is 33.6 Å². The van der Waals surface area contributed by atoms with Gasteiger partial charge in [0.2, 0.25) is 0 Å². The lowest BCUT2D eigenvalue weighted by molar-refractivity contribution is -0.468. The van der Waals surface area contributed by atoms with Crippen molar-refractivity contribution in [1.82, 2.24) is 0 Å². The second-order valence-corrected chi connectivity index (χ2v) is 21.5. The third-order valence-electron chi connectivity index (χ3n) is 20.0. The van der Waals surface area contributed by atoms with Crippen LogP contribution in [0.15, 0.2) is 84.9 Å². The molecule has 4 aromatic carbocycles. The minimum atomic E-state index is -1.15. The number of fused-ring (bicyclic) bond motifs is 2. The highest BCUT2D eigenvalue weighted by atomic mass is 16.4. The zero-order valence-electron chi connectivity index (χ0n) is 33.4. The summed E-state index contributed by atoms with van der Waals surface area (Å²) < 4.78 is 0. The van der Waals surface area contributed by atoms with Crippen molar-refractivity contribution in [2.45, 2.75) is 56.8 Å². The van der Waals surface area contributed by atoms with E-state index in [1.54, 1.807) is 12.1 Å². The molecular formula is C52H42N2O7. The number of anilines is 2. The highest BCUT2D eigenvalue weighted by Crippen LogP contribution is 2.97. The summed E-state index contributed by atoms with van der Waals surface area (Å²) in [4.78, 5) is 81.0. The van der Waals surface area contributed by atoms with E-state index in [1.165, 1.54) is 96.6 Å². The molecule has 19 rings (SSSR count). The molecular weight excluding hydrogens is 765 g/mol. The zero-order chi connectivity index (χ0) is 40.9. The number of carboxylic acid groups (broad SMARTS) is 1. The number of imide groups is 2. The van der Waals surface area contributed by atoms with Gasteiger partial charge < -0.3 is 5.11 Å². The van der Waals surface area contributed by atoms with Crippen LogP contribution in [0.3, 0.4) is 0 Å². The van der Waals surface area contributed by atoms with Gasteiger partial charge in [0.15, 0.2) is 0 Å². The molecule has 4 aromatic rings. The van der Waals surface area contributed by atoms with E-state index in [9.17, 15) is 33.9 Å². The molecule has 2 aliphatic heterocycles. The minimum Gasteiger partial charge on any atom is -0.478 e. The second kappa shape index (κ2) is 10.3. The first kappa shape index (κ1) is 34.0. The minimum absolute atomic E-state index is 0.0344. The van der Waals surface area contributed by atoms with Crippen molar-refractivity contribution in [3.8, 4) is 0 Å². The van der Waals surface area contributed by atoms with Gasteiger partial charge in [-0.25, -0.2) is 14.6 Å². The normalized spacial score (nSPS) is 42.4. The molecule has 0 radical (unpaired) electrons. The van der Waals surface area contributed by atoms with Gasteiger partial charge in [-0.3, -0.25) is 24.0 Å². The number of rotatable bonds is 6. The number of aromatic carboxylic acids is 1. The first-order valence-corrected chi connectivity index (χ1v) is 22.5. The van der Waals surface area contributed by atoms with E-state index >= 15 is 0 Å². The van der Waals surface area contributed by atoms with Gasteiger partial charge in [-0.05, 0) is 193 Å². The van der Waals surface area contributed by atoms with Gasteiger partial charge in [-0.1, -0.05) is 30.3 Å². The van der Waals surface area contributed by atoms with Crippen LogP contribution in [-0.2, 0) is 5.41 Å². The van der Waals surface area contributed by atoms with Crippen LogP contribution in [0.2, 0.25) is 0 Å². The van der Waals surface area contributed by atoms with Gasteiger partial charge in [-0.2, -0.15) is 0 Å². The van der Waals surface area contributed by atoms with Crippen LogP contribution >= 0.6 is 0 Å². The fraction of sp³-hybridized carbons (Fsp3) is 0.423. The van der Waals surface area contributed by atoms with Gasteiger partial charge >= 0.3 is 5.97 Å². The Morgan fingerprint density at radius 1 is 0.557 bits per heavy atom. The number of carboxylic acids is 1. The average molecular weight is 807 g/mol. The Kier molecular flexibility index (Phi) is 5.74.